The number of allylic oxidation sites excluding steroid dienone is 1. The van der Waals surface area contributed by atoms with Crippen molar-refractivity contribution >= 4 is 22.6 Å². The standard InChI is InChI=1S/C17H26N4OS/c1-6-8-9-19-11-20(10-13(3)4)17(22)21(12-19)16-14(5)15(7-2)18-23-16/h6,8H,3,7,9-12H2,1-2,4-5H3. The van der Waals surface area contributed by atoms with Crippen LogP contribution >= 0.6 is 11.5 Å². The SMILES string of the molecule is C=C(C)CN1CN(CC=CC)CN(c2snc(CC)c2C)C1=O. The Kier molecular flexibility index (Phi) is 5.96. The molecule has 2 amide bonds. The highest BCUT2D eigenvalue weighted by Gasteiger charge is 2.32. The molecule has 2 heterocycles. The van der Waals surface area contributed by atoms with Crippen LogP contribution in [0.3, 0.4) is 0 Å². The molecule has 0 spiro atoms. The van der Waals surface area contributed by atoms with Gasteiger partial charge in [-0.1, -0.05) is 31.2 Å². The Morgan fingerprint density at radius 1 is 1.43 bits per heavy atom. The lowest BCUT2D eigenvalue weighted by atomic mass is 10.2. The number of hydrogen-bond acceptors (Lipinski definition) is 4. The minimum absolute atomic E-state index is 0.0409. The molecule has 1 aromatic heterocycles. The van der Waals surface area contributed by atoms with Crippen LogP contribution in [0, 0.1) is 6.92 Å². The van der Waals surface area contributed by atoms with E-state index in [4.69, 9.17) is 0 Å². The summed E-state index contributed by atoms with van der Waals surface area (Å²) in [5, 5.41) is 0.962. The molecule has 0 N–H and O–H groups in total. The summed E-state index contributed by atoms with van der Waals surface area (Å²) in [5.41, 5.74) is 3.19. The minimum Gasteiger partial charge on any atom is -0.307 e. The van der Waals surface area contributed by atoms with E-state index < -0.39 is 0 Å². The van der Waals surface area contributed by atoms with E-state index in [-0.39, 0.29) is 6.03 Å². The average molecular weight is 334 g/mol. The van der Waals surface area contributed by atoms with Crippen LogP contribution in [0.4, 0.5) is 9.80 Å². The van der Waals surface area contributed by atoms with Gasteiger partial charge in [0.2, 0.25) is 0 Å². The first-order valence-corrected chi connectivity index (χ1v) is 8.74. The summed E-state index contributed by atoms with van der Waals surface area (Å²) >= 11 is 1.42. The predicted molar refractivity (Wildman–Crippen MR) is 96.9 cm³/mol. The van der Waals surface area contributed by atoms with Gasteiger partial charge in [0, 0.05) is 18.7 Å². The number of urea groups is 1. The molecule has 1 saturated heterocycles. The van der Waals surface area contributed by atoms with Gasteiger partial charge < -0.3 is 4.90 Å². The van der Waals surface area contributed by atoms with Gasteiger partial charge in [-0.15, -0.1) is 0 Å². The Balaban J connectivity index is 2.28. The summed E-state index contributed by atoms with van der Waals surface area (Å²) in [7, 11) is 0. The van der Waals surface area contributed by atoms with Crippen molar-refractivity contribution in [2.24, 2.45) is 0 Å². The Bertz CT molecular complexity index is 608. The van der Waals surface area contributed by atoms with Crippen molar-refractivity contribution in [3.05, 3.63) is 35.6 Å². The molecule has 23 heavy (non-hydrogen) atoms. The number of nitrogens with zero attached hydrogens (tertiary/aromatic N) is 4. The molecule has 5 nitrogen and oxygen atoms in total. The Labute approximate surface area is 143 Å². The smallest absolute Gasteiger partial charge is 0.307 e. The molecule has 2 rings (SSSR count). The van der Waals surface area contributed by atoms with Gasteiger partial charge in [-0.05, 0) is 38.7 Å². The highest BCUT2D eigenvalue weighted by Crippen LogP contribution is 2.31. The lowest BCUT2D eigenvalue weighted by Crippen LogP contribution is -2.58. The maximum Gasteiger partial charge on any atom is 0.327 e. The van der Waals surface area contributed by atoms with E-state index in [0.717, 1.165) is 34.8 Å². The molecule has 6 heteroatoms. The van der Waals surface area contributed by atoms with Crippen molar-refractivity contribution in [1.29, 1.82) is 0 Å². The summed E-state index contributed by atoms with van der Waals surface area (Å²) < 4.78 is 4.50. The first-order chi connectivity index (χ1) is 11.0. The van der Waals surface area contributed by atoms with Crippen molar-refractivity contribution in [2.75, 3.05) is 31.3 Å². The van der Waals surface area contributed by atoms with Crippen molar-refractivity contribution in [2.45, 2.75) is 34.1 Å². The highest BCUT2D eigenvalue weighted by molar-refractivity contribution is 7.10. The van der Waals surface area contributed by atoms with Crippen molar-refractivity contribution in [1.82, 2.24) is 14.2 Å². The normalized spacial score (nSPS) is 16.6. The van der Waals surface area contributed by atoms with Gasteiger partial charge in [-0.25, -0.2) is 4.79 Å². The number of anilines is 1. The quantitative estimate of drug-likeness (QED) is 0.746. The summed E-state index contributed by atoms with van der Waals surface area (Å²) in [6.45, 7) is 14.7. The molecule has 0 aromatic carbocycles. The molecule has 0 saturated carbocycles. The molecule has 0 aliphatic carbocycles. The van der Waals surface area contributed by atoms with Crippen LogP contribution in [0.15, 0.2) is 24.3 Å². The van der Waals surface area contributed by atoms with E-state index >= 15 is 0 Å². The third kappa shape index (κ3) is 4.00. The summed E-state index contributed by atoms with van der Waals surface area (Å²) in [6, 6.07) is 0.0409. The van der Waals surface area contributed by atoms with Crippen LogP contribution in [0.25, 0.3) is 0 Å². The first kappa shape index (κ1) is 17.7. The van der Waals surface area contributed by atoms with Crippen LogP contribution in [0.5, 0.6) is 0 Å². The molecule has 0 radical (unpaired) electrons. The van der Waals surface area contributed by atoms with Crippen LogP contribution in [0.2, 0.25) is 0 Å². The van der Waals surface area contributed by atoms with Crippen LogP contribution < -0.4 is 4.90 Å². The summed E-state index contributed by atoms with van der Waals surface area (Å²) in [4.78, 5) is 18.8. The molecule has 1 aliphatic rings. The van der Waals surface area contributed by atoms with Crippen molar-refractivity contribution in [3.63, 3.8) is 0 Å². The summed E-state index contributed by atoms with van der Waals surface area (Å²) in [5.74, 6) is 0. The molecular formula is C17H26N4OS. The van der Waals surface area contributed by atoms with Crippen molar-refractivity contribution < 1.29 is 4.79 Å². The van der Waals surface area contributed by atoms with E-state index in [1.54, 1.807) is 0 Å². The molecule has 1 aliphatic heterocycles. The molecule has 1 aromatic rings. The van der Waals surface area contributed by atoms with E-state index in [1.807, 2.05) is 29.7 Å². The van der Waals surface area contributed by atoms with Crippen LogP contribution in [0.1, 0.15) is 32.0 Å². The Morgan fingerprint density at radius 2 is 2.17 bits per heavy atom. The van der Waals surface area contributed by atoms with E-state index in [9.17, 15) is 4.79 Å². The molecular weight excluding hydrogens is 308 g/mol. The highest BCUT2D eigenvalue weighted by atomic mass is 32.1. The number of aromatic nitrogens is 1. The third-order valence-electron chi connectivity index (χ3n) is 3.85. The number of hydrogen-bond donors (Lipinski definition) is 0. The number of carbonyl (C=O) groups excluding carboxylic acids is 1. The topological polar surface area (TPSA) is 39.7 Å². The van der Waals surface area contributed by atoms with Crippen molar-refractivity contribution in [3.8, 4) is 0 Å². The zero-order chi connectivity index (χ0) is 17.0. The predicted octanol–water partition coefficient (Wildman–Crippen LogP) is 3.63. The molecule has 0 bridgehead atoms. The maximum absolute atomic E-state index is 12.9. The fourth-order valence-electron chi connectivity index (χ4n) is 2.68. The Morgan fingerprint density at radius 3 is 2.74 bits per heavy atom. The zero-order valence-electron chi connectivity index (χ0n) is 14.5. The van der Waals surface area contributed by atoms with Gasteiger partial charge >= 0.3 is 6.03 Å². The van der Waals surface area contributed by atoms with Gasteiger partial charge in [-0.3, -0.25) is 9.80 Å². The Hall–Kier alpha value is -1.66. The monoisotopic (exact) mass is 334 g/mol. The number of carbonyl (C=O) groups is 1. The fraction of sp³-hybridized carbons (Fsp3) is 0.529. The number of amides is 2. The lowest BCUT2D eigenvalue weighted by Gasteiger charge is -2.41. The van der Waals surface area contributed by atoms with Gasteiger partial charge in [0.05, 0.1) is 19.0 Å². The molecule has 0 unspecified atom stereocenters. The van der Waals surface area contributed by atoms with Gasteiger partial charge in [0.1, 0.15) is 5.00 Å². The van der Waals surface area contributed by atoms with Gasteiger partial charge in [0.25, 0.3) is 0 Å². The zero-order valence-corrected chi connectivity index (χ0v) is 15.3. The molecule has 126 valence electrons. The van der Waals surface area contributed by atoms with E-state index in [0.29, 0.717) is 19.9 Å². The van der Waals surface area contributed by atoms with Crippen LogP contribution in [-0.4, -0.2) is 46.6 Å². The largest absolute Gasteiger partial charge is 0.327 e. The first-order valence-electron chi connectivity index (χ1n) is 7.97. The van der Waals surface area contributed by atoms with E-state index in [2.05, 4.69) is 35.8 Å². The number of rotatable bonds is 6. The molecule has 0 atom stereocenters. The van der Waals surface area contributed by atoms with Gasteiger partial charge in [-0.2, -0.15) is 4.37 Å². The summed E-state index contributed by atoms with van der Waals surface area (Å²) in [6.07, 6.45) is 5.04. The second kappa shape index (κ2) is 7.75. The van der Waals surface area contributed by atoms with E-state index in [1.165, 1.54) is 11.5 Å². The molecule has 1 fully saturated rings. The number of aryl methyl sites for hydroxylation is 1. The average Bonchev–Trinajstić information content (AvgIpc) is 2.88. The minimum atomic E-state index is 0.0409. The second-order valence-corrected chi connectivity index (χ2v) is 6.74. The fourth-order valence-corrected chi connectivity index (χ4v) is 3.63. The third-order valence-corrected chi connectivity index (χ3v) is 4.86. The van der Waals surface area contributed by atoms with Gasteiger partial charge in [0.15, 0.2) is 0 Å². The lowest BCUT2D eigenvalue weighted by molar-refractivity contribution is 0.129. The second-order valence-electron chi connectivity index (χ2n) is 5.98. The maximum atomic E-state index is 12.9. The van der Waals surface area contributed by atoms with Crippen LogP contribution in [-0.2, 0) is 6.42 Å².